The van der Waals surface area contributed by atoms with E-state index in [0.717, 1.165) is 35.2 Å². The van der Waals surface area contributed by atoms with Gasteiger partial charge in [0.2, 0.25) is 5.91 Å². The van der Waals surface area contributed by atoms with E-state index in [-0.39, 0.29) is 5.91 Å². The predicted molar refractivity (Wildman–Crippen MR) is 97.9 cm³/mol. The predicted octanol–water partition coefficient (Wildman–Crippen LogP) is 2.36. The summed E-state index contributed by atoms with van der Waals surface area (Å²) in [6.45, 7) is 0.985. The van der Waals surface area contributed by atoms with Crippen LogP contribution in [0.4, 0.5) is 16.3 Å². The van der Waals surface area contributed by atoms with Crippen LogP contribution in [0.15, 0.2) is 36.5 Å². The molecule has 1 fully saturated rings. The van der Waals surface area contributed by atoms with E-state index in [1.165, 1.54) is 4.90 Å². The number of nitrogens with zero attached hydrogens (tertiary/aromatic N) is 3. The molecule has 1 saturated heterocycles. The minimum atomic E-state index is -1.03. The van der Waals surface area contributed by atoms with Crippen LogP contribution in [0.1, 0.15) is 18.4 Å². The minimum absolute atomic E-state index is 0.130. The Morgan fingerprint density at radius 2 is 2.08 bits per heavy atom. The van der Waals surface area contributed by atoms with Crippen LogP contribution in [0, 0.1) is 0 Å². The van der Waals surface area contributed by atoms with Crippen LogP contribution < -0.4 is 10.6 Å². The monoisotopic (exact) mass is 352 g/mol. The van der Waals surface area contributed by atoms with Crippen molar-refractivity contribution in [2.45, 2.75) is 25.3 Å². The molecule has 7 nitrogen and oxygen atoms in total. The van der Waals surface area contributed by atoms with Crippen molar-refractivity contribution in [3.63, 3.8) is 0 Å². The number of amides is 2. The highest BCUT2D eigenvalue weighted by atomic mass is 16.4. The summed E-state index contributed by atoms with van der Waals surface area (Å²) in [7, 11) is 0. The summed E-state index contributed by atoms with van der Waals surface area (Å²) in [5, 5.41) is 9.33. The second-order valence-electron chi connectivity index (χ2n) is 6.65. The van der Waals surface area contributed by atoms with Crippen LogP contribution in [-0.2, 0) is 11.2 Å². The number of hydrogen-bond acceptors (Lipinski definition) is 4. The summed E-state index contributed by atoms with van der Waals surface area (Å²) in [4.78, 5) is 31.4. The van der Waals surface area contributed by atoms with Crippen LogP contribution in [0.25, 0.3) is 11.1 Å². The van der Waals surface area contributed by atoms with E-state index in [1.54, 1.807) is 11.1 Å². The smallest absolute Gasteiger partial charge is 0.407 e. The van der Waals surface area contributed by atoms with E-state index >= 15 is 0 Å². The first kappa shape index (κ1) is 16.4. The number of likely N-dealkylation sites (tertiary alicyclic amines) is 1. The molecule has 1 aromatic heterocycles. The van der Waals surface area contributed by atoms with Crippen molar-refractivity contribution in [3.05, 3.63) is 42.1 Å². The van der Waals surface area contributed by atoms with E-state index < -0.39 is 12.1 Å². The summed E-state index contributed by atoms with van der Waals surface area (Å²) in [5.74, 6) is 0.323. The molecule has 0 aliphatic carbocycles. The molecule has 0 radical (unpaired) electrons. The van der Waals surface area contributed by atoms with Gasteiger partial charge in [-0.2, -0.15) is 0 Å². The molecule has 3 N–H and O–H groups in total. The van der Waals surface area contributed by atoms with Crippen molar-refractivity contribution >= 4 is 23.5 Å². The first-order chi connectivity index (χ1) is 12.6. The Balaban J connectivity index is 1.67. The number of carbonyl (C=O) groups is 2. The van der Waals surface area contributed by atoms with Gasteiger partial charge in [0.05, 0.1) is 0 Å². The van der Waals surface area contributed by atoms with Crippen molar-refractivity contribution in [1.82, 2.24) is 9.88 Å². The van der Waals surface area contributed by atoms with Crippen molar-refractivity contribution < 1.29 is 14.7 Å². The lowest BCUT2D eigenvalue weighted by molar-refractivity contribution is -0.122. The molecule has 134 valence electrons. The van der Waals surface area contributed by atoms with Gasteiger partial charge in [-0.3, -0.25) is 9.69 Å². The summed E-state index contributed by atoms with van der Waals surface area (Å²) < 4.78 is 0. The Morgan fingerprint density at radius 3 is 2.85 bits per heavy atom. The number of nitrogens with two attached hydrogens (primary N) is 1. The minimum Gasteiger partial charge on any atom is -0.465 e. The first-order valence-corrected chi connectivity index (χ1v) is 8.71. The zero-order valence-electron chi connectivity index (χ0n) is 14.3. The number of hydrogen-bond donors (Lipinski definition) is 2. The number of anilines is 2. The lowest BCUT2D eigenvalue weighted by Gasteiger charge is -2.26. The van der Waals surface area contributed by atoms with Gasteiger partial charge in [-0.15, -0.1) is 0 Å². The molecule has 2 aliphatic rings. The second-order valence-corrected chi connectivity index (χ2v) is 6.65. The SMILES string of the molecule is Nc1cc(-c2cccc3c2CCN3C(=O)C2CCCN2C(=O)O)ccn1. The molecule has 1 aromatic carbocycles. The van der Waals surface area contributed by atoms with Crippen molar-refractivity contribution in [2.24, 2.45) is 0 Å². The van der Waals surface area contributed by atoms with E-state index in [2.05, 4.69) is 4.98 Å². The summed E-state index contributed by atoms with van der Waals surface area (Å²) in [6.07, 6.45) is 2.68. The molecular weight excluding hydrogens is 332 g/mol. The Morgan fingerprint density at radius 1 is 1.23 bits per heavy atom. The second kappa shape index (κ2) is 6.33. The highest BCUT2D eigenvalue weighted by Crippen LogP contribution is 2.37. The van der Waals surface area contributed by atoms with Crippen molar-refractivity contribution in [2.75, 3.05) is 23.7 Å². The first-order valence-electron chi connectivity index (χ1n) is 8.71. The lowest BCUT2D eigenvalue weighted by Crippen LogP contribution is -2.47. The fourth-order valence-electron chi connectivity index (χ4n) is 3.98. The highest BCUT2D eigenvalue weighted by Gasteiger charge is 2.39. The molecule has 2 aromatic rings. The Kier molecular flexibility index (Phi) is 3.99. The molecular formula is C19H20N4O3. The zero-order valence-corrected chi connectivity index (χ0v) is 14.3. The number of aromatic nitrogens is 1. The Bertz CT molecular complexity index is 883. The average molecular weight is 352 g/mol. The number of fused-ring (bicyclic) bond motifs is 1. The number of carbonyl (C=O) groups excluding carboxylic acids is 1. The third-order valence-corrected chi connectivity index (χ3v) is 5.17. The molecule has 7 heteroatoms. The molecule has 26 heavy (non-hydrogen) atoms. The topological polar surface area (TPSA) is 99.8 Å². The van der Waals surface area contributed by atoms with Gasteiger partial charge in [0.15, 0.2) is 0 Å². The standard InChI is InChI=1S/C19H20N4O3/c20-17-11-12(6-8-21-17)13-3-1-4-15-14(13)7-10-22(15)18(24)16-5-2-9-23(16)19(25)26/h1,3-4,6,8,11,16H,2,5,7,9-10H2,(H2,20,21)(H,25,26). The van der Waals surface area contributed by atoms with E-state index in [4.69, 9.17) is 5.73 Å². The molecule has 1 unspecified atom stereocenters. The summed E-state index contributed by atoms with van der Waals surface area (Å²) >= 11 is 0. The van der Waals surface area contributed by atoms with Crippen molar-refractivity contribution in [3.8, 4) is 11.1 Å². The molecule has 0 bridgehead atoms. The lowest BCUT2D eigenvalue weighted by atomic mass is 9.98. The average Bonchev–Trinajstić information content (AvgIpc) is 3.28. The van der Waals surface area contributed by atoms with Crippen LogP contribution in [0.2, 0.25) is 0 Å². The van der Waals surface area contributed by atoms with Gasteiger partial charge in [0, 0.05) is 25.0 Å². The molecule has 2 amide bonds. The van der Waals surface area contributed by atoms with Gasteiger partial charge < -0.3 is 15.7 Å². The molecule has 2 aliphatic heterocycles. The van der Waals surface area contributed by atoms with Gasteiger partial charge in [-0.05, 0) is 54.2 Å². The van der Waals surface area contributed by atoms with Gasteiger partial charge in [0.1, 0.15) is 11.9 Å². The fraction of sp³-hybridized carbons (Fsp3) is 0.316. The maximum atomic E-state index is 13.0. The summed E-state index contributed by atoms with van der Waals surface area (Å²) in [5.41, 5.74) is 9.76. The van der Waals surface area contributed by atoms with Gasteiger partial charge in [-0.25, -0.2) is 9.78 Å². The van der Waals surface area contributed by atoms with Gasteiger partial charge in [0.25, 0.3) is 0 Å². The van der Waals surface area contributed by atoms with Crippen LogP contribution in [-0.4, -0.2) is 46.1 Å². The van der Waals surface area contributed by atoms with Crippen molar-refractivity contribution in [1.29, 1.82) is 0 Å². The summed E-state index contributed by atoms with van der Waals surface area (Å²) in [6, 6.07) is 9.00. The van der Waals surface area contributed by atoms with E-state index in [1.807, 2.05) is 30.3 Å². The number of pyridine rings is 1. The van der Waals surface area contributed by atoms with Crippen LogP contribution in [0.3, 0.4) is 0 Å². The maximum absolute atomic E-state index is 13.0. The number of nitrogen functional groups attached to an aromatic ring is 1. The molecule has 1 atom stereocenters. The molecule has 3 heterocycles. The highest BCUT2D eigenvalue weighted by molar-refractivity contribution is 6.01. The zero-order chi connectivity index (χ0) is 18.3. The van der Waals surface area contributed by atoms with Gasteiger partial charge in [-0.1, -0.05) is 12.1 Å². The normalized spacial score (nSPS) is 18.8. The van der Waals surface area contributed by atoms with E-state index in [9.17, 15) is 14.7 Å². The maximum Gasteiger partial charge on any atom is 0.407 e. The Labute approximate surface area is 151 Å². The van der Waals surface area contributed by atoms with Crippen LogP contribution in [0.5, 0.6) is 0 Å². The molecule has 4 rings (SSSR count). The van der Waals surface area contributed by atoms with Crippen LogP contribution >= 0.6 is 0 Å². The number of carboxylic acid groups (broad SMARTS) is 1. The van der Waals surface area contributed by atoms with E-state index in [0.29, 0.717) is 25.3 Å². The third kappa shape index (κ3) is 2.65. The van der Waals surface area contributed by atoms with Gasteiger partial charge >= 0.3 is 6.09 Å². The quantitative estimate of drug-likeness (QED) is 0.864. The fourth-order valence-corrected chi connectivity index (χ4v) is 3.98. The largest absolute Gasteiger partial charge is 0.465 e. The molecule has 0 saturated carbocycles. The molecule has 0 spiro atoms. The third-order valence-electron chi connectivity index (χ3n) is 5.17. The number of benzene rings is 1. The number of rotatable bonds is 2. The Hall–Kier alpha value is -3.09.